The van der Waals surface area contributed by atoms with Crippen LogP contribution in [0.5, 0.6) is 0 Å². The van der Waals surface area contributed by atoms with Crippen LogP contribution >= 0.6 is 12.2 Å². The van der Waals surface area contributed by atoms with Gasteiger partial charge in [0.2, 0.25) is 0 Å². The first-order chi connectivity index (χ1) is 7.68. The molecule has 16 heavy (non-hydrogen) atoms. The van der Waals surface area contributed by atoms with E-state index in [1.165, 1.54) is 31.5 Å². The van der Waals surface area contributed by atoms with Crippen LogP contribution in [-0.2, 0) is 6.54 Å². The largest absolute Gasteiger partial charge is 0.309 e. The molecule has 0 atom stereocenters. The van der Waals surface area contributed by atoms with Crippen molar-refractivity contribution in [2.24, 2.45) is 0 Å². The minimum absolute atomic E-state index is 0.668. The molecule has 1 aromatic heterocycles. The summed E-state index contributed by atoms with van der Waals surface area (Å²) in [7, 11) is 4.22. The fourth-order valence-electron chi connectivity index (χ4n) is 1.90. The summed E-state index contributed by atoms with van der Waals surface area (Å²) < 4.78 is 2.97. The van der Waals surface area contributed by atoms with Crippen molar-refractivity contribution in [3.8, 4) is 0 Å². The lowest BCUT2D eigenvalue weighted by atomic mass is 10.3. The molecule has 1 aromatic rings. The molecule has 5 heteroatoms. The van der Waals surface area contributed by atoms with Gasteiger partial charge in [0.05, 0.1) is 0 Å². The third-order valence-corrected chi connectivity index (χ3v) is 3.28. The van der Waals surface area contributed by atoms with Crippen LogP contribution in [0.3, 0.4) is 0 Å². The number of nitrogens with zero attached hydrogens (tertiary/aromatic N) is 3. The zero-order chi connectivity index (χ0) is 11.5. The van der Waals surface area contributed by atoms with Crippen molar-refractivity contribution in [1.82, 2.24) is 19.7 Å². The lowest BCUT2D eigenvalue weighted by molar-refractivity contribution is 0.386. The molecule has 0 bridgehead atoms. The zero-order valence-electron chi connectivity index (χ0n) is 10.1. The van der Waals surface area contributed by atoms with Crippen molar-refractivity contribution in [1.29, 1.82) is 0 Å². The quantitative estimate of drug-likeness (QED) is 0.611. The molecule has 1 fully saturated rings. The average molecular weight is 240 g/mol. The number of nitrogens with one attached hydrogen (secondary N) is 1. The van der Waals surface area contributed by atoms with Gasteiger partial charge in [-0.3, -0.25) is 5.10 Å². The minimum Gasteiger partial charge on any atom is -0.309 e. The SMILES string of the molecule is CN(C)CCCCn1c(C2CC2)n[nH]c1=S. The fraction of sp³-hybridized carbons (Fsp3) is 0.818. The summed E-state index contributed by atoms with van der Waals surface area (Å²) >= 11 is 5.26. The molecule has 90 valence electrons. The number of hydrogen-bond donors (Lipinski definition) is 1. The van der Waals surface area contributed by atoms with E-state index in [4.69, 9.17) is 12.2 Å². The Morgan fingerprint density at radius 2 is 2.19 bits per heavy atom. The third-order valence-electron chi connectivity index (χ3n) is 2.97. The van der Waals surface area contributed by atoms with Gasteiger partial charge in [0.1, 0.15) is 5.82 Å². The van der Waals surface area contributed by atoms with Crippen LogP contribution in [0, 0.1) is 4.77 Å². The maximum absolute atomic E-state index is 5.26. The molecule has 4 nitrogen and oxygen atoms in total. The molecule has 0 unspecified atom stereocenters. The molecule has 0 amide bonds. The van der Waals surface area contributed by atoms with Gasteiger partial charge in [-0.05, 0) is 58.5 Å². The van der Waals surface area contributed by atoms with Gasteiger partial charge in [0, 0.05) is 12.5 Å². The first kappa shape index (κ1) is 11.8. The first-order valence-corrected chi connectivity index (χ1v) is 6.39. The lowest BCUT2D eigenvalue weighted by Crippen LogP contribution is -2.14. The monoisotopic (exact) mass is 240 g/mol. The Hall–Kier alpha value is -0.680. The van der Waals surface area contributed by atoms with E-state index in [9.17, 15) is 0 Å². The summed E-state index contributed by atoms with van der Waals surface area (Å²) in [6, 6.07) is 0. The Bertz CT molecular complexity index is 389. The van der Waals surface area contributed by atoms with E-state index >= 15 is 0 Å². The van der Waals surface area contributed by atoms with Crippen molar-refractivity contribution in [2.45, 2.75) is 38.1 Å². The van der Waals surface area contributed by atoms with Gasteiger partial charge < -0.3 is 9.47 Å². The second-order valence-electron chi connectivity index (χ2n) is 4.82. The molecule has 0 radical (unpaired) electrons. The molecular formula is C11H20N4S. The Kier molecular flexibility index (Phi) is 3.76. The Morgan fingerprint density at radius 3 is 2.81 bits per heavy atom. The Labute approximate surface area is 102 Å². The Morgan fingerprint density at radius 1 is 1.44 bits per heavy atom. The van der Waals surface area contributed by atoms with Crippen LogP contribution in [0.1, 0.15) is 37.4 Å². The van der Waals surface area contributed by atoms with E-state index in [0.29, 0.717) is 5.92 Å². The third kappa shape index (κ3) is 2.92. The first-order valence-electron chi connectivity index (χ1n) is 5.98. The summed E-state index contributed by atoms with van der Waals surface area (Å²) in [5.74, 6) is 1.84. The summed E-state index contributed by atoms with van der Waals surface area (Å²) in [4.78, 5) is 2.22. The standard InChI is InChI=1S/C11H20N4S/c1-14(2)7-3-4-8-15-10(9-5-6-9)12-13-11(15)16/h9H,3-8H2,1-2H3,(H,13,16). The van der Waals surface area contributed by atoms with Crippen LogP contribution in [0.25, 0.3) is 0 Å². The van der Waals surface area contributed by atoms with Gasteiger partial charge in [0.25, 0.3) is 0 Å². The molecule has 0 saturated heterocycles. The van der Waals surface area contributed by atoms with Gasteiger partial charge in [0.15, 0.2) is 4.77 Å². The van der Waals surface area contributed by atoms with Crippen LogP contribution in [0.2, 0.25) is 0 Å². The van der Waals surface area contributed by atoms with Crippen LogP contribution in [0.4, 0.5) is 0 Å². The molecule has 2 rings (SSSR count). The molecule has 1 N–H and O–H groups in total. The minimum atomic E-state index is 0.668. The summed E-state index contributed by atoms with van der Waals surface area (Å²) in [6.07, 6.45) is 4.93. The molecule has 1 aliphatic carbocycles. The molecule has 0 spiro atoms. The van der Waals surface area contributed by atoms with Crippen molar-refractivity contribution in [2.75, 3.05) is 20.6 Å². The van der Waals surface area contributed by atoms with Crippen molar-refractivity contribution >= 4 is 12.2 Å². The van der Waals surface area contributed by atoms with E-state index in [1.807, 2.05) is 0 Å². The number of hydrogen-bond acceptors (Lipinski definition) is 3. The highest BCUT2D eigenvalue weighted by Crippen LogP contribution is 2.38. The number of rotatable bonds is 6. The topological polar surface area (TPSA) is 36.9 Å². The molecule has 1 aliphatic rings. The molecular weight excluding hydrogens is 220 g/mol. The van der Waals surface area contributed by atoms with Crippen LogP contribution < -0.4 is 0 Å². The van der Waals surface area contributed by atoms with E-state index in [-0.39, 0.29) is 0 Å². The van der Waals surface area contributed by atoms with E-state index in [1.54, 1.807) is 0 Å². The maximum Gasteiger partial charge on any atom is 0.195 e. The van der Waals surface area contributed by atoms with Gasteiger partial charge in [-0.1, -0.05) is 0 Å². The Balaban J connectivity index is 1.88. The van der Waals surface area contributed by atoms with Gasteiger partial charge in [-0.25, -0.2) is 0 Å². The van der Waals surface area contributed by atoms with Crippen LogP contribution in [-0.4, -0.2) is 40.3 Å². The molecule has 1 heterocycles. The predicted octanol–water partition coefficient (Wildman–Crippen LogP) is 2.16. The lowest BCUT2D eigenvalue weighted by Gasteiger charge is -2.10. The normalized spacial score (nSPS) is 15.9. The average Bonchev–Trinajstić information content (AvgIpc) is 3.00. The second kappa shape index (κ2) is 5.10. The molecule has 0 aliphatic heterocycles. The van der Waals surface area contributed by atoms with E-state index < -0.39 is 0 Å². The molecule has 1 saturated carbocycles. The van der Waals surface area contributed by atoms with Crippen molar-refractivity contribution < 1.29 is 0 Å². The predicted molar refractivity (Wildman–Crippen MR) is 67.2 cm³/mol. The second-order valence-corrected chi connectivity index (χ2v) is 5.21. The number of aromatic nitrogens is 3. The fourth-order valence-corrected chi connectivity index (χ4v) is 2.13. The zero-order valence-corrected chi connectivity index (χ0v) is 10.9. The summed E-state index contributed by atoms with van der Waals surface area (Å²) in [6.45, 7) is 2.15. The highest BCUT2D eigenvalue weighted by Gasteiger charge is 2.28. The molecule has 0 aromatic carbocycles. The summed E-state index contributed by atoms with van der Waals surface area (Å²) in [5.41, 5.74) is 0. The van der Waals surface area contributed by atoms with E-state index in [0.717, 1.165) is 17.9 Å². The number of H-pyrrole nitrogens is 1. The van der Waals surface area contributed by atoms with Gasteiger partial charge >= 0.3 is 0 Å². The highest BCUT2D eigenvalue weighted by molar-refractivity contribution is 7.71. The van der Waals surface area contributed by atoms with Crippen molar-refractivity contribution in [3.05, 3.63) is 10.6 Å². The van der Waals surface area contributed by atoms with Gasteiger partial charge in [-0.15, -0.1) is 0 Å². The maximum atomic E-state index is 5.26. The van der Waals surface area contributed by atoms with Crippen molar-refractivity contribution in [3.63, 3.8) is 0 Å². The van der Waals surface area contributed by atoms with Crippen LogP contribution in [0.15, 0.2) is 0 Å². The van der Waals surface area contributed by atoms with E-state index in [2.05, 4.69) is 33.8 Å². The highest BCUT2D eigenvalue weighted by atomic mass is 32.1. The smallest absolute Gasteiger partial charge is 0.195 e. The summed E-state index contributed by atoms with van der Waals surface area (Å²) in [5, 5.41) is 7.24. The van der Waals surface area contributed by atoms with Gasteiger partial charge in [-0.2, -0.15) is 5.10 Å². The number of unbranched alkanes of at least 4 members (excludes halogenated alkanes) is 1. The number of aromatic amines is 1.